The molecule has 5 rings (SSSR count). The summed E-state index contributed by atoms with van der Waals surface area (Å²) < 4.78 is 19.5. The van der Waals surface area contributed by atoms with Gasteiger partial charge in [0.2, 0.25) is 6.41 Å². The molecule has 1 spiro atoms. The van der Waals surface area contributed by atoms with Crippen molar-refractivity contribution in [3.05, 3.63) is 65.9 Å². The smallest absolute Gasteiger partial charge is 0.211 e. The van der Waals surface area contributed by atoms with Crippen LogP contribution in [0, 0.1) is 11.2 Å². The average molecular weight is 505 g/mol. The van der Waals surface area contributed by atoms with Gasteiger partial charge in [-0.25, -0.2) is 14.4 Å². The summed E-state index contributed by atoms with van der Waals surface area (Å²) in [6, 6.07) is 9.93. The van der Waals surface area contributed by atoms with Gasteiger partial charge in [0.1, 0.15) is 17.9 Å². The van der Waals surface area contributed by atoms with E-state index in [1.165, 1.54) is 18.5 Å². The molecule has 1 aromatic heterocycles. The van der Waals surface area contributed by atoms with Crippen LogP contribution in [0.4, 0.5) is 21.6 Å². The number of likely N-dealkylation sites (tertiary alicyclic amines) is 1. The Morgan fingerprint density at radius 3 is 2.76 bits per heavy atom. The van der Waals surface area contributed by atoms with E-state index in [1.807, 2.05) is 19.2 Å². The number of benzene rings is 2. The van der Waals surface area contributed by atoms with Crippen molar-refractivity contribution in [3.63, 3.8) is 0 Å². The van der Waals surface area contributed by atoms with E-state index in [0.29, 0.717) is 24.3 Å². The number of nitrogens with one attached hydrogen (secondary N) is 2. The van der Waals surface area contributed by atoms with Gasteiger partial charge in [-0.2, -0.15) is 0 Å². The molecular formula is C27H29FN6O3. The van der Waals surface area contributed by atoms with Gasteiger partial charge in [-0.15, -0.1) is 0 Å². The fourth-order valence-electron chi connectivity index (χ4n) is 5.40. The van der Waals surface area contributed by atoms with E-state index in [1.54, 1.807) is 6.20 Å². The van der Waals surface area contributed by atoms with E-state index >= 15 is 0 Å². The number of carbonyl (C=O) groups is 2. The first-order valence-electron chi connectivity index (χ1n) is 12.2. The zero-order valence-corrected chi connectivity index (χ0v) is 20.6. The van der Waals surface area contributed by atoms with Gasteiger partial charge in [-0.1, -0.05) is 6.07 Å². The van der Waals surface area contributed by atoms with Gasteiger partial charge in [0.05, 0.1) is 23.1 Å². The minimum atomic E-state index is -0.500. The highest BCUT2D eigenvalue weighted by atomic mass is 19.1. The number of carbonyl (C=O) groups excluding carboxylic acids is 2. The third-order valence-corrected chi connectivity index (χ3v) is 7.21. The Morgan fingerprint density at radius 2 is 1.95 bits per heavy atom. The van der Waals surface area contributed by atoms with Crippen LogP contribution in [-0.4, -0.2) is 60.8 Å². The van der Waals surface area contributed by atoms with Crippen LogP contribution >= 0.6 is 0 Å². The Balaban J connectivity index is 1.27. The number of rotatable bonds is 9. The van der Waals surface area contributed by atoms with Gasteiger partial charge in [0, 0.05) is 38.6 Å². The molecule has 1 amide bonds. The van der Waals surface area contributed by atoms with Crippen LogP contribution in [0.3, 0.4) is 0 Å². The predicted octanol–water partition coefficient (Wildman–Crippen LogP) is 3.93. The molecule has 2 fully saturated rings. The number of amides is 1. The van der Waals surface area contributed by atoms with Crippen LogP contribution in [0.1, 0.15) is 28.8 Å². The van der Waals surface area contributed by atoms with Crippen LogP contribution < -0.4 is 20.3 Å². The van der Waals surface area contributed by atoms with E-state index < -0.39 is 5.82 Å². The fourth-order valence-corrected chi connectivity index (χ4v) is 5.40. The zero-order valence-electron chi connectivity index (χ0n) is 20.6. The number of ether oxygens (including phenoxy) is 1. The molecule has 3 aromatic rings. The largest absolute Gasteiger partial charge is 0.451 e. The Hall–Kier alpha value is -4.05. The molecule has 2 aromatic carbocycles. The predicted molar refractivity (Wildman–Crippen MR) is 139 cm³/mol. The fraction of sp³-hybridized carbons (Fsp3) is 0.333. The number of hydrogen-bond acceptors (Lipinski definition) is 8. The second kappa shape index (κ2) is 10.5. The number of nitrogens with zero attached hydrogens (tertiary/aromatic N) is 4. The summed E-state index contributed by atoms with van der Waals surface area (Å²) in [5, 5.41) is 5.86. The zero-order chi connectivity index (χ0) is 25.8. The van der Waals surface area contributed by atoms with E-state index in [0.717, 1.165) is 68.6 Å². The van der Waals surface area contributed by atoms with E-state index in [-0.39, 0.29) is 16.7 Å². The molecule has 1 atom stereocenters. The maximum absolute atomic E-state index is 13.6. The quantitative estimate of drug-likeness (QED) is 0.423. The Morgan fingerprint density at radius 1 is 1.08 bits per heavy atom. The Labute approximate surface area is 214 Å². The maximum atomic E-state index is 13.6. The minimum absolute atomic E-state index is 0.133. The molecule has 0 saturated carbocycles. The second-order valence-corrected chi connectivity index (χ2v) is 9.64. The molecule has 2 aliphatic heterocycles. The van der Waals surface area contributed by atoms with Crippen molar-refractivity contribution < 1.29 is 18.7 Å². The number of hydrogen-bond donors (Lipinski definition) is 2. The van der Waals surface area contributed by atoms with Crippen molar-refractivity contribution >= 4 is 29.9 Å². The minimum Gasteiger partial charge on any atom is -0.451 e. The topological polar surface area (TPSA) is 99.7 Å². The molecule has 1 unspecified atom stereocenters. The summed E-state index contributed by atoms with van der Waals surface area (Å²) in [6.45, 7) is 4.42. The summed E-state index contributed by atoms with van der Waals surface area (Å²) in [6.07, 6.45) is 6.43. The molecule has 0 bridgehead atoms. The lowest BCUT2D eigenvalue weighted by Crippen LogP contribution is -2.31. The summed E-state index contributed by atoms with van der Waals surface area (Å²) in [7, 11) is 1.83. The van der Waals surface area contributed by atoms with Crippen LogP contribution in [0.2, 0.25) is 0 Å². The highest BCUT2D eigenvalue weighted by Crippen LogP contribution is 2.43. The molecule has 37 heavy (non-hydrogen) atoms. The SMILES string of the molecule is CNc1ccc(CN2CCC3(CCN(c4ncncc4Oc4ccc(F)cc4C=O)C3)C2)cc1NC=O. The van der Waals surface area contributed by atoms with Crippen LogP contribution in [0.25, 0.3) is 0 Å². The van der Waals surface area contributed by atoms with Crippen molar-refractivity contribution in [1.29, 1.82) is 0 Å². The maximum Gasteiger partial charge on any atom is 0.211 e. The van der Waals surface area contributed by atoms with Crippen molar-refractivity contribution in [2.75, 3.05) is 48.8 Å². The van der Waals surface area contributed by atoms with Gasteiger partial charge < -0.3 is 20.3 Å². The molecule has 0 radical (unpaired) electrons. The third-order valence-electron chi connectivity index (χ3n) is 7.21. The molecule has 9 nitrogen and oxygen atoms in total. The van der Waals surface area contributed by atoms with Crippen molar-refractivity contribution in [3.8, 4) is 11.5 Å². The van der Waals surface area contributed by atoms with Gasteiger partial charge in [-0.05, 0) is 55.3 Å². The average Bonchev–Trinajstić information content (AvgIpc) is 3.51. The van der Waals surface area contributed by atoms with Gasteiger partial charge in [0.15, 0.2) is 17.9 Å². The van der Waals surface area contributed by atoms with E-state index in [4.69, 9.17) is 4.74 Å². The summed E-state index contributed by atoms with van der Waals surface area (Å²) in [4.78, 5) is 35.6. The van der Waals surface area contributed by atoms with Crippen molar-refractivity contribution in [2.24, 2.45) is 5.41 Å². The van der Waals surface area contributed by atoms with E-state index in [9.17, 15) is 14.0 Å². The van der Waals surface area contributed by atoms with Gasteiger partial charge in [0.25, 0.3) is 0 Å². The van der Waals surface area contributed by atoms with Gasteiger partial charge >= 0.3 is 0 Å². The van der Waals surface area contributed by atoms with Crippen LogP contribution in [-0.2, 0) is 11.3 Å². The van der Waals surface area contributed by atoms with Gasteiger partial charge in [-0.3, -0.25) is 14.5 Å². The molecule has 2 aliphatic rings. The normalized spacial score (nSPS) is 19.2. The highest BCUT2D eigenvalue weighted by molar-refractivity contribution is 5.81. The third kappa shape index (κ3) is 5.24. The number of aldehydes is 1. The molecule has 10 heteroatoms. The molecule has 192 valence electrons. The lowest BCUT2D eigenvalue weighted by Gasteiger charge is -2.26. The highest BCUT2D eigenvalue weighted by Gasteiger charge is 2.44. The number of anilines is 3. The van der Waals surface area contributed by atoms with E-state index in [2.05, 4.69) is 36.5 Å². The monoisotopic (exact) mass is 504 g/mol. The summed E-state index contributed by atoms with van der Waals surface area (Å²) in [5.41, 5.74) is 3.07. The standard InChI is InChI=1S/C27H29FN6O3/c1-29-22-4-2-19(10-23(22)32-18-36)13-33-8-6-27(15-33)7-9-34(16-27)26-25(12-30-17-31-26)37-24-5-3-21(28)11-20(24)14-35/h2-5,10-12,14,17-18,29H,6-9,13,15-16H2,1H3,(H,32,36). The lowest BCUT2D eigenvalue weighted by molar-refractivity contribution is -0.105. The first-order chi connectivity index (χ1) is 18.0. The first kappa shape index (κ1) is 24.6. The van der Waals surface area contributed by atoms with Crippen LogP contribution in [0.15, 0.2) is 48.9 Å². The first-order valence-corrected chi connectivity index (χ1v) is 12.2. The second-order valence-electron chi connectivity index (χ2n) is 9.64. The van der Waals surface area contributed by atoms with Crippen molar-refractivity contribution in [1.82, 2.24) is 14.9 Å². The molecular weight excluding hydrogens is 475 g/mol. The van der Waals surface area contributed by atoms with Crippen LogP contribution in [0.5, 0.6) is 11.5 Å². The Kier molecular flexibility index (Phi) is 7.00. The molecule has 2 N–H and O–H groups in total. The molecule has 3 heterocycles. The number of halogens is 1. The Bertz CT molecular complexity index is 1300. The number of aromatic nitrogens is 2. The molecule has 2 saturated heterocycles. The summed E-state index contributed by atoms with van der Waals surface area (Å²) in [5.74, 6) is 0.865. The summed E-state index contributed by atoms with van der Waals surface area (Å²) >= 11 is 0. The molecule has 0 aliphatic carbocycles. The lowest BCUT2D eigenvalue weighted by atomic mass is 9.86. The van der Waals surface area contributed by atoms with Crippen molar-refractivity contribution in [2.45, 2.75) is 19.4 Å².